The third-order valence-electron chi connectivity index (χ3n) is 5.54. The molecule has 5 nitrogen and oxygen atoms in total. The summed E-state index contributed by atoms with van der Waals surface area (Å²) in [7, 11) is 0. The Hall–Kier alpha value is -2.95. The maximum Gasteiger partial charge on any atom is 0.0888 e. The molecule has 26 heavy (non-hydrogen) atoms. The van der Waals surface area contributed by atoms with Crippen LogP contribution in [-0.2, 0) is 0 Å². The Morgan fingerprint density at radius 2 is 1.77 bits per heavy atom. The molecular weight excluding hydrogens is 322 g/mol. The van der Waals surface area contributed by atoms with Gasteiger partial charge in [0.25, 0.3) is 0 Å². The summed E-state index contributed by atoms with van der Waals surface area (Å²) in [6.45, 7) is 2.32. The fourth-order valence-electron chi connectivity index (χ4n) is 4.07. The first-order chi connectivity index (χ1) is 12.8. The van der Waals surface area contributed by atoms with Crippen LogP contribution in [0, 0.1) is 5.92 Å². The van der Waals surface area contributed by atoms with Gasteiger partial charge in [-0.25, -0.2) is 4.68 Å². The highest BCUT2D eigenvalue weighted by Gasteiger charge is 2.25. The molecule has 0 aliphatic heterocycles. The third kappa shape index (κ3) is 2.60. The van der Waals surface area contributed by atoms with Crippen LogP contribution < -0.4 is 0 Å². The lowest BCUT2D eigenvalue weighted by Gasteiger charge is -2.13. The van der Waals surface area contributed by atoms with Crippen molar-refractivity contribution in [3.63, 3.8) is 0 Å². The molecule has 4 aromatic rings. The molecule has 0 radical (unpaired) electrons. The maximum absolute atomic E-state index is 4.37. The number of nitrogens with zero attached hydrogens (tertiary/aromatic N) is 4. The highest BCUT2D eigenvalue weighted by Crippen LogP contribution is 2.36. The third-order valence-corrected chi connectivity index (χ3v) is 5.54. The zero-order valence-corrected chi connectivity index (χ0v) is 14.8. The number of hydrogen-bond donors (Lipinski definition) is 1. The van der Waals surface area contributed by atoms with Crippen LogP contribution in [0.3, 0.4) is 0 Å². The molecule has 0 amide bonds. The van der Waals surface area contributed by atoms with E-state index < -0.39 is 0 Å². The van der Waals surface area contributed by atoms with E-state index in [1.807, 2.05) is 12.4 Å². The largest absolute Gasteiger partial charge is 0.278 e. The van der Waals surface area contributed by atoms with Crippen molar-refractivity contribution in [3.8, 4) is 22.4 Å². The van der Waals surface area contributed by atoms with Crippen molar-refractivity contribution in [1.82, 2.24) is 25.2 Å². The number of aromatic amines is 1. The Balaban J connectivity index is 1.46. The van der Waals surface area contributed by atoms with Crippen LogP contribution in [0.2, 0.25) is 0 Å². The fraction of sp³-hybridized carbons (Fsp3) is 0.286. The van der Waals surface area contributed by atoms with Gasteiger partial charge in [0.1, 0.15) is 0 Å². The second-order valence-electron chi connectivity index (χ2n) is 7.39. The van der Waals surface area contributed by atoms with Crippen LogP contribution >= 0.6 is 0 Å². The van der Waals surface area contributed by atoms with Crippen LogP contribution in [-0.4, -0.2) is 25.2 Å². The van der Waals surface area contributed by atoms with Crippen LogP contribution in [0.25, 0.3) is 33.3 Å². The average Bonchev–Trinajstić information content (AvgIpc) is 3.41. The van der Waals surface area contributed by atoms with Crippen molar-refractivity contribution in [2.24, 2.45) is 5.92 Å². The van der Waals surface area contributed by atoms with E-state index in [4.69, 9.17) is 0 Å². The van der Waals surface area contributed by atoms with Gasteiger partial charge >= 0.3 is 0 Å². The lowest BCUT2D eigenvalue weighted by atomic mass is 10.0. The Morgan fingerprint density at radius 3 is 2.58 bits per heavy atom. The van der Waals surface area contributed by atoms with Crippen molar-refractivity contribution >= 4 is 10.9 Å². The van der Waals surface area contributed by atoms with Gasteiger partial charge in [0.15, 0.2) is 0 Å². The van der Waals surface area contributed by atoms with Gasteiger partial charge in [-0.2, -0.15) is 5.10 Å². The van der Waals surface area contributed by atoms with Crippen molar-refractivity contribution in [2.45, 2.75) is 32.2 Å². The lowest BCUT2D eigenvalue weighted by molar-refractivity contribution is 0.443. The molecule has 130 valence electrons. The van der Waals surface area contributed by atoms with E-state index in [1.54, 1.807) is 0 Å². The number of H-pyrrole nitrogens is 1. The Kier molecular flexibility index (Phi) is 3.59. The molecule has 2 atom stereocenters. The predicted molar refractivity (Wildman–Crippen MR) is 103 cm³/mol. The van der Waals surface area contributed by atoms with Crippen LogP contribution in [0.5, 0.6) is 0 Å². The molecule has 1 aliphatic rings. The van der Waals surface area contributed by atoms with Gasteiger partial charge in [-0.05, 0) is 48.4 Å². The van der Waals surface area contributed by atoms with Gasteiger partial charge in [-0.1, -0.05) is 42.5 Å². The fourth-order valence-corrected chi connectivity index (χ4v) is 4.07. The standard InChI is InChI=1S/C21H21N5/c1-14-2-8-19(10-14)26-21(13-23-25-26)16-5-3-15(4-6-16)17-7-9-20-18(11-17)12-22-24-20/h3-7,9,11-14,19H,2,8,10H2,1H3,(H,22,24). The number of nitrogens with one attached hydrogen (secondary N) is 1. The molecule has 2 aromatic carbocycles. The van der Waals surface area contributed by atoms with Crippen LogP contribution in [0.1, 0.15) is 32.2 Å². The maximum atomic E-state index is 4.37. The molecule has 1 saturated carbocycles. The highest BCUT2D eigenvalue weighted by molar-refractivity contribution is 5.84. The normalized spacial score (nSPS) is 20.0. The summed E-state index contributed by atoms with van der Waals surface area (Å²) in [5.41, 5.74) is 5.74. The molecule has 5 heteroatoms. The highest BCUT2D eigenvalue weighted by atomic mass is 15.4. The zero-order chi connectivity index (χ0) is 17.5. The van der Waals surface area contributed by atoms with Gasteiger partial charge < -0.3 is 0 Å². The Morgan fingerprint density at radius 1 is 0.962 bits per heavy atom. The second-order valence-corrected chi connectivity index (χ2v) is 7.39. The SMILES string of the molecule is CC1CCC(n2nncc2-c2ccc(-c3ccc4[nH]ncc4c3)cc2)C1. The smallest absolute Gasteiger partial charge is 0.0888 e. The average molecular weight is 343 g/mol. The summed E-state index contributed by atoms with van der Waals surface area (Å²) in [4.78, 5) is 0. The van der Waals surface area contributed by atoms with E-state index in [0.717, 1.165) is 22.5 Å². The van der Waals surface area contributed by atoms with Crippen molar-refractivity contribution in [2.75, 3.05) is 0 Å². The quantitative estimate of drug-likeness (QED) is 0.578. The molecule has 1 fully saturated rings. The number of rotatable bonds is 3. The van der Waals surface area contributed by atoms with Gasteiger partial charge in [0.2, 0.25) is 0 Å². The van der Waals surface area contributed by atoms with E-state index in [-0.39, 0.29) is 0 Å². The minimum atomic E-state index is 0.477. The molecule has 0 spiro atoms. The van der Waals surface area contributed by atoms with Crippen molar-refractivity contribution < 1.29 is 0 Å². The first-order valence-electron chi connectivity index (χ1n) is 9.22. The summed E-state index contributed by atoms with van der Waals surface area (Å²) in [5.74, 6) is 0.775. The first-order valence-corrected chi connectivity index (χ1v) is 9.22. The summed E-state index contributed by atoms with van der Waals surface area (Å²) in [5, 5.41) is 16.8. The van der Waals surface area contributed by atoms with E-state index in [0.29, 0.717) is 6.04 Å². The zero-order valence-electron chi connectivity index (χ0n) is 14.8. The molecule has 2 unspecified atom stereocenters. The molecule has 5 rings (SSSR count). The number of aromatic nitrogens is 5. The monoisotopic (exact) mass is 343 g/mol. The van der Waals surface area contributed by atoms with Gasteiger partial charge in [-0.15, -0.1) is 5.10 Å². The summed E-state index contributed by atoms with van der Waals surface area (Å²) in [6, 6.07) is 15.5. The number of hydrogen-bond acceptors (Lipinski definition) is 3. The molecule has 1 N–H and O–H groups in total. The number of benzene rings is 2. The first kappa shape index (κ1) is 15.3. The predicted octanol–water partition coefficient (Wildman–Crippen LogP) is 4.85. The second kappa shape index (κ2) is 6.09. The molecule has 0 bridgehead atoms. The van der Waals surface area contributed by atoms with Crippen molar-refractivity contribution in [3.05, 3.63) is 54.9 Å². The number of fused-ring (bicyclic) bond motifs is 1. The lowest BCUT2D eigenvalue weighted by Crippen LogP contribution is -2.09. The Bertz CT molecular complexity index is 1040. The van der Waals surface area contributed by atoms with E-state index in [9.17, 15) is 0 Å². The minimum Gasteiger partial charge on any atom is -0.278 e. The van der Waals surface area contributed by atoms with Gasteiger partial charge in [0, 0.05) is 10.9 Å². The topological polar surface area (TPSA) is 59.4 Å². The van der Waals surface area contributed by atoms with Crippen molar-refractivity contribution in [1.29, 1.82) is 0 Å². The Labute approximate surface area is 152 Å². The van der Waals surface area contributed by atoms with E-state index in [2.05, 4.69) is 74.6 Å². The van der Waals surface area contributed by atoms with E-state index in [1.165, 1.54) is 36.0 Å². The molecule has 2 heterocycles. The molecule has 1 aliphatic carbocycles. The summed E-state index contributed by atoms with van der Waals surface area (Å²) in [6.07, 6.45) is 7.41. The van der Waals surface area contributed by atoms with Crippen LogP contribution in [0.15, 0.2) is 54.9 Å². The van der Waals surface area contributed by atoms with Gasteiger partial charge in [-0.3, -0.25) is 5.10 Å². The molecule has 0 saturated heterocycles. The minimum absolute atomic E-state index is 0.477. The summed E-state index contributed by atoms with van der Waals surface area (Å²) >= 11 is 0. The van der Waals surface area contributed by atoms with Crippen LogP contribution in [0.4, 0.5) is 0 Å². The summed E-state index contributed by atoms with van der Waals surface area (Å²) < 4.78 is 2.12. The van der Waals surface area contributed by atoms with Gasteiger partial charge in [0.05, 0.1) is 29.6 Å². The van der Waals surface area contributed by atoms with E-state index >= 15 is 0 Å². The molecule has 2 aromatic heterocycles. The molecular formula is C21H21N5.